The highest BCUT2D eigenvalue weighted by Crippen LogP contribution is 2.25. The van der Waals surface area contributed by atoms with Crippen LogP contribution in [-0.2, 0) is 9.53 Å². The van der Waals surface area contributed by atoms with Gasteiger partial charge in [-0.1, -0.05) is 12.1 Å². The average Bonchev–Trinajstić information content (AvgIpc) is 2.57. The van der Waals surface area contributed by atoms with Gasteiger partial charge in [0.15, 0.2) is 5.96 Å². The fourth-order valence-corrected chi connectivity index (χ4v) is 2.76. The Hall–Kier alpha value is -2.15. The predicted octanol–water partition coefficient (Wildman–Crippen LogP) is 2.03. The molecule has 0 saturated carbocycles. The van der Waals surface area contributed by atoms with Crippen LogP contribution in [0.1, 0.15) is 32.4 Å². The summed E-state index contributed by atoms with van der Waals surface area (Å²) in [4.78, 5) is 20.1. The molecule has 1 saturated heterocycles. The number of morpholine rings is 1. The van der Waals surface area contributed by atoms with E-state index < -0.39 is 0 Å². The molecular formula is C19H29FN4O2. The number of hydrogen-bond acceptors (Lipinski definition) is 3. The smallest absolute Gasteiger partial charge is 0.243 e. The van der Waals surface area contributed by atoms with Crippen molar-refractivity contribution in [3.63, 3.8) is 0 Å². The van der Waals surface area contributed by atoms with Crippen molar-refractivity contribution in [3.05, 3.63) is 35.6 Å². The molecule has 7 heteroatoms. The van der Waals surface area contributed by atoms with Crippen molar-refractivity contribution in [2.24, 2.45) is 4.99 Å². The van der Waals surface area contributed by atoms with Gasteiger partial charge in [-0.25, -0.2) is 9.38 Å². The van der Waals surface area contributed by atoms with Gasteiger partial charge in [0, 0.05) is 26.7 Å². The van der Waals surface area contributed by atoms with Crippen LogP contribution in [-0.4, -0.2) is 67.5 Å². The van der Waals surface area contributed by atoms with E-state index in [0.29, 0.717) is 19.0 Å². The third-order valence-electron chi connectivity index (χ3n) is 4.08. The van der Waals surface area contributed by atoms with Gasteiger partial charge >= 0.3 is 0 Å². The van der Waals surface area contributed by atoms with E-state index in [9.17, 15) is 9.18 Å². The second-order valence-corrected chi connectivity index (χ2v) is 7.12. The molecule has 2 unspecified atom stereocenters. The van der Waals surface area contributed by atoms with E-state index in [2.05, 4.69) is 15.2 Å². The van der Waals surface area contributed by atoms with Gasteiger partial charge in [0.05, 0.1) is 12.6 Å². The Bertz CT molecular complexity index is 631. The zero-order valence-electron chi connectivity index (χ0n) is 16.2. The summed E-state index contributed by atoms with van der Waals surface area (Å²) < 4.78 is 19.2. The molecule has 1 N–H and O–H groups in total. The van der Waals surface area contributed by atoms with Crippen molar-refractivity contribution in [1.29, 1.82) is 0 Å². The predicted molar refractivity (Wildman–Crippen MR) is 101 cm³/mol. The highest BCUT2D eigenvalue weighted by Gasteiger charge is 2.29. The number of carbonyl (C=O) groups excluding carboxylic acids is 1. The molecular weight excluding hydrogens is 335 g/mol. The van der Waals surface area contributed by atoms with Gasteiger partial charge in [0.1, 0.15) is 18.5 Å². The van der Waals surface area contributed by atoms with E-state index in [1.54, 1.807) is 26.2 Å². The molecule has 1 aliphatic rings. The van der Waals surface area contributed by atoms with Crippen LogP contribution in [0.3, 0.4) is 0 Å². The van der Waals surface area contributed by atoms with Gasteiger partial charge in [0.25, 0.3) is 0 Å². The molecule has 1 fully saturated rings. The van der Waals surface area contributed by atoms with E-state index in [-0.39, 0.29) is 36.5 Å². The third-order valence-corrected chi connectivity index (χ3v) is 4.08. The molecule has 144 valence electrons. The van der Waals surface area contributed by atoms with E-state index in [0.717, 1.165) is 5.56 Å². The Morgan fingerprint density at radius 3 is 2.58 bits per heavy atom. The van der Waals surface area contributed by atoms with Crippen LogP contribution in [0.5, 0.6) is 0 Å². The largest absolute Gasteiger partial charge is 0.367 e. The summed E-state index contributed by atoms with van der Waals surface area (Å²) in [6.45, 7) is 7.42. The van der Waals surface area contributed by atoms with Crippen LogP contribution < -0.4 is 5.32 Å². The minimum absolute atomic E-state index is 0.0116. The molecule has 1 amide bonds. The van der Waals surface area contributed by atoms with Crippen LogP contribution in [0.2, 0.25) is 0 Å². The zero-order valence-corrected chi connectivity index (χ0v) is 16.2. The second-order valence-electron chi connectivity index (χ2n) is 7.12. The lowest BCUT2D eigenvalue weighted by atomic mass is 10.1. The number of amides is 1. The molecule has 6 nitrogen and oxygen atoms in total. The molecule has 2 rings (SSSR count). The summed E-state index contributed by atoms with van der Waals surface area (Å²) in [5.41, 5.74) is 0.927. The molecule has 1 aromatic carbocycles. The lowest BCUT2D eigenvalue weighted by Crippen LogP contribution is -2.52. The number of aliphatic imine (C=N–C) groups is 1. The Morgan fingerprint density at radius 2 is 2.00 bits per heavy atom. The maximum absolute atomic E-state index is 13.2. The first-order valence-corrected chi connectivity index (χ1v) is 8.93. The SMILES string of the molecule is CC(C)NC(=NCC(=O)N(C)C)N1CC(C)OC(c2ccc(F)cc2)C1. The van der Waals surface area contributed by atoms with Crippen molar-refractivity contribution in [2.45, 2.75) is 39.0 Å². The third kappa shape index (κ3) is 5.69. The number of hydrogen-bond donors (Lipinski definition) is 1. The molecule has 1 aliphatic heterocycles. The molecule has 1 heterocycles. The molecule has 0 spiro atoms. The van der Waals surface area contributed by atoms with Crippen molar-refractivity contribution in [3.8, 4) is 0 Å². The van der Waals surface area contributed by atoms with Crippen molar-refractivity contribution < 1.29 is 13.9 Å². The van der Waals surface area contributed by atoms with Gasteiger partial charge in [0.2, 0.25) is 5.91 Å². The number of benzene rings is 1. The number of likely N-dealkylation sites (N-methyl/N-ethyl adjacent to an activating group) is 1. The van der Waals surface area contributed by atoms with E-state index in [1.165, 1.54) is 17.0 Å². The summed E-state index contributed by atoms with van der Waals surface area (Å²) in [5.74, 6) is 0.377. The lowest BCUT2D eigenvalue weighted by molar-refractivity contribution is -0.127. The molecule has 26 heavy (non-hydrogen) atoms. The molecule has 0 radical (unpaired) electrons. The minimum atomic E-state index is -0.264. The van der Waals surface area contributed by atoms with Crippen LogP contribution in [0.15, 0.2) is 29.3 Å². The highest BCUT2D eigenvalue weighted by molar-refractivity contribution is 5.85. The first kappa shape index (κ1) is 20.2. The van der Waals surface area contributed by atoms with E-state index in [4.69, 9.17) is 4.74 Å². The fraction of sp³-hybridized carbons (Fsp3) is 0.579. The Morgan fingerprint density at radius 1 is 1.35 bits per heavy atom. The number of halogens is 1. The molecule has 1 aromatic rings. The summed E-state index contributed by atoms with van der Waals surface area (Å²) in [6, 6.07) is 6.57. The average molecular weight is 364 g/mol. The van der Waals surface area contributed by atoms with Gasteiger partial charge < -0.3 is 19.9 Å². The lowest BCUT2D eigenvalue weighted by Gasteiger charge is -2.39. The van der Waals surface area contributed by atoms with Crippen molar-refractivity contribution in [2.75, 3.05) is 33.7 Å². The number of ether oxygens (including phenoxy) is 1. The fourth-order valence-electron chi connectivity index (χ4n) is 2.76. The number of nitrogens with zero attached hydrogens (tertiary/aromatic N) is 3. The van der Waals surface area contributed by atoms with Gasteiger partial charge in [-0.2, -0.15) is 0 Å². The minimum Gasteiger partial charge on any atom is -0.367 e. The molecule has 2 atom stereocenters. The topological polar surface area (TPSA) is 57.2 Å². The summed E-state index contributed by atoms with van der Waals surface area (Å²) in [5, 5.41) is 3.34. The molecule has 0 aromatic heterocycles. The van der Waals surface area contributed by atoms with E-state index >= 15 is 0 Å². The number of guanidine groups is 1. The van der Waals surface area contributed by atoms with Crippen LogP contribution in [0.4, 0.5) is 4.39 Å². The van der Waals surface area contributed by atoms with Crippen LogP contribution in [0, 0.1) is 5.82 Å². The van der Waals surface area contributed by atoms with Crippen molar-refractivity contribution >= 4 is 11.9 Å². The first-order valence-electron chi connectivity index (χ1n) is 8.93. The van der Waals surface area contributed by atoms with Gasteiger partial charge in [-0.3, -0.25) is 4.79 Å². The normalized spacial score (nSPS) is 21.0. The molecule has 0 aliphatic carbocycles. The maximum atomic E-state index is 13.2. The van der Waals surface area contributed by atoms with E-state index in [1.807, 2.05) is 20.8 Å². The summed E-state index contributed by atoms with van der Waals surface area (Å²) >= 11 is 0. The monoisotopic (exact) mass is 364 g/mol. The number of nitrogens with one attached hydrogen (secondary N) is 1. The zero-order chi connectivity index (χ0) is 19.3. The summed E-state index contributed by atoms with van der Waals surface area (Å²) in [7, 11) is 3.43. The quantitative estimate of drug-likeness (QED) is 0.656. The molecule has 0 bridgehead atoms. The number of carbonyl (C=O) groups is 1. The van der Waals surface area contributed by atoms with Gasteiger partial charge in [-0.05, 0) is 38.5 Å². The highest BCUT2D eigenvalue weighted by atomic mass is 19.1. The Balaban J connectivity index is 2.18. The van der Waals surface area contributed by atoms with Gasteiger partial charge in [-0.15, -0.1) is 0 Å². The summed E-state index contributed by atoms with van der Waals surface area (Å²) in [6.07, 6.45) is -0.189. The van der Waals surface area contributed by atoms with Crippen molar-refractivity contribution in [1.82, 2.24) is 15.1 Å². The van der Waals surface area contributed by atoms with Crippen LogP contribution in [0.25, 0.3) is 0 Å². The Kier molecular flexibility index (Phi) is 6.97. The number of rotatable bonds is 4. The standard InChI is InChI=1S/C19H29FN4O2/c1-13(2)22-19(21-10-18(25)23(4)5)24-11-14(3)26-17(12-24)15-6-8-16(20)9-7-15/h6-9,13-14,17H,10-12H2,1-5H3,(H,21,22). The first-order chi connectivity index (χ1) is 12.3. The maximum Gasteiger partial charge on any atom is 0.243 e. The van der Waals surface area contributed by atoms with Crippen LogP contribution >= 0.6 is 0 Å². The second kappa shape index (κ2) is 8.98. The Labute approximate surface area is 155 Å².